The number of ether oxygens (including phenoxy) is 1. The van der Waals surface area contributed by atoms with Crippen molar-refractivity contribution < 1.29 is 19.4 Å². The van der Waals surface area contributed by atoms with Crippen molar-refractivity contribution in [2.24, 2.45) is 0 Å². The summed E-state index contributed by atoms with van der Waals surface area (Å²) in [5, 5.41) is 13.7. The summed E-state index contributed by atoms with van der Waals surface area (Å²) in [4.78, 5) is 22.6. The van der Waals surface area contributed by atoms with Gasteiger partial charge in [0.15, 0.2) is 6.04 Å². The number of methoxy groups -OCH3 is 1. The van der Waals surface area contributed by atoms with Crippen molar-refractivity contribution in [2.75, 3.05) is 19.0 Å². The molecule has 1 aromatic carbocycles. The molecule has 0 aliphatic rings. The first-order valence-corrected chi connectivity index (χ1v) is 4.98. The molecule has 1 unspecified atom stereocenters. The molecule has 0 heterocycles. The van der Waals surface area contributed by atoms with E-state index in [0.29, 0.717) is 5.69 Å². The molecule has 1 rings (SSSR count). The number of aliphatic hydroxyl groups is 1. The van der Waals surface area contributed by atoms with Gasteiger partial charge in [-0.3, -0.25) is 0 Å². The molecular weight excluding hydrogens is 224 g/mol. The lowest BCUT2D eigenvalue weighted by Crippen LogP contribution is -2.45. The van der Waals surface area contributed by atoms with Crippen molar-refractivity contribution >= 4 is 17.7 Å². The maximum absolute atomic E-state index is 11.5. The first-order valence-electron chi connectivity index (χ1n) is 4.98. The van der Waals surface area contributed by atoms with E-state index < -0.39 is 24.6 Å². The molecule has 0 saturated heterocycles. The molecule has 17 heavy (non-hydrogen) atoms. The van der Waals surface area contributed by atoms with E-state index in [-0.39, 0.29) is 0 Å². The first kappa shape index (κ1) is 13.0. The Morgan fingerprint density at radius 1 is 1.35 bits per heavy atom. The predicted octanol–water partition coefficient (Wildman–Crippen LogP) is 0.342. The average molecular weight is 238 g/mol. The molecule has 0 bridgehead atoms. The van der Waals surface area contributed by atoms with E-state index in [4.69, 9.17) is 5.11 Å². The number of anilines is 1. The van der Waals surface area contributed by atoms with Crippen molar-refractivity contribution in [3.05, 3.63) is 30.3 Å². The fourth-order valence-electron chi connectivity index (χ4n) is 1.17. The van der Waals surface area contributed by atoms with Gasteiger partial charge in [0.2, 0.25) is 0 Å². The van der Waals surface area contributed by atoms with Crippen LogP contribution in [-0.2, 0) is 9.53 Å². The third-order valence-corrected chi connectivity index (χ3v) is 2.01. The second-order valence-corrected chi connectivity index (χ2v) is 3.22. The second-order valence-electron chi connectivity index (χ2n) is 3.22. The Labute approximate surface area is 98.6 Å². The number of aliphatic hydroxyl groups excluding tert-OH is 1. The number of urea groups is 1. The van der Waals surface area contributed by atoms with Crippen LogP contribution in [0.5, 0.6) is 0 Å². The normalized spacial score (nSPS) is 11.4. The Morgan fingerprint density at radius 3 is 2.53 bits per heavy atom. The molecule has 92 valence electrons. The summed E-state index contributed by atoms with van der Waals surface area (Å²) in [6, 6.07) is 7.09. The van der Waals surface area contributed by atoms with E-state index in [2.05, 4.69) is 15.4 Å². The maximum atomic E-state index is 11.5. The van der Waals surface area contributed by atoms with E-state index >= 15 is 0 Å². The third-order valence-electron chi connectivity index (χ3n) is 2.01. The summed E-state index contributed by atoms with van der Waals surface area (Å²) in [5.74, 6) is -0.698. The molecule has 6 heteroatoms. The van der Waals surface area contributed by atoms with Gasteiger partial charge in [-0.1, -0.05) is 18.2 Å². The van der Waals surface area contributed by atoms with Crippen molar-refractivity contribution in [1.29, 1.82) is 0 Å². The Bertz CT molecular complexity index is 380. The van der Waals surface area contributed by atoms with Crippen LogP contribution in [0.2, 0.25) is 0 Å². The molecule has 0 saturated carbocycles. The second kappa shape index (κ2) is 6.49. The van der Waals surface area contributed by atoms with Gasteiger partial charge in [0.05, 0.1) is 13.7 Å². The molecule has 0 radical (unpaired) electrons. The topological polar surface area (TPSA) is 87.7 Å². The maximum Gasteiger partial charge on any atom is 0.330 e. The molecule has 0 spiro atoms. The van der Waals surface area contributed by atoms with Crippen LogP contribution in [0.15, 0.2) is 30.3 Å². The lowest BCUT2D eigenvalue weighted by molar-refractivity contribution is -0.143. The number of esters is 1. The molecular formula is C11H14N2O4. The molecule has 6 nitrogen and oxygen atoms in total. The molecule has 0 fully saturated rings. The minimum absolute atomic E-state index is 0.519. The van der Waals surface area contributed by atoms with E-state index in [1.54, 1.807) is 24.3 Å². The summed E-state index contributed by atoms with van der Waals surface area (Å²) in [6.45, 7) is -0.519. The molecule has 3 N–H and O–H groups in total. The van der Waals surface area contributed by atoms with E-state index in [1.165, 1.54) is 7.11 Å². The van der Waals surface area contributed by atoms with Gasteiger partial charge < -0.3 is 20.5 Å². The van der Waals surface area contributed by atoms with Crippen LogP contribution in [0.1, 0.15) is 0 Å². The van der Waals surface area contributed by atoms with Gasteiger partial charge in [-0.05, 0) is 12.1 Å². The average Bonchev–Trinajstić information content (AvgIpc) is 2.36. The number of carbonyl (C=O) groups is 2. The van der Waals surface area contributed by atoms with Crippen LogP contribution >= 0.6 is 0 Å². The summed E-state index contributed by atoms with van der Waals surface area (Å²) in [6.07, 6.45) is 0. The quantitative estimate of drug-likeness (QED) is 0.660. The fraction of sp³-hybridized carbons (Fsp3) is 0.273. The van der Waals surface area contributed by atoms with Crippen LogP contribution in [0, 0.1) is 0 Å². The zero-order chi connectivity index (χ0) is 12.7. The summed E-state index contributed by atoms with van der Waals surface area (Å²) >= 11 is 0. The Morgan fingerprint density at radius 2 is 2.00 bits per heavy atom. The van der Waals surface area contributed by atoms with E-state index in [0.717, 1.165) is 0 Å². The lowest BCUT2D eigenvalue weighted by Gasteiger charge is -2.14. The first-order chi connectivity index (χ1) is 8.17. The van der Waals surface area contributed by atoms with Crippen LogP contribution < -0.4 is 10.6 Å². The molecule has 0 aliphatic carbocycles. The number of hydrogen-bond donors (Lipinski definition) is 3. The van der Waals surface area contributed by atoms with Gasteiger partial charge in [0.1, 0.15) is 0 Å². The van der Waals surface area contributed by atoms with Gasteiger partial charge in [0, 0.05) is 5.69 Å². The summed E-state index contributed by atoms with van der Waals surface area (Å²) in [5.41, 5.74) is 0.589. The zero-order valence-corrected chi connectivity index (χ0v) is 9.34. The third kappa shape index (κ3) is 4.12. The Kier molecular flexibility index (Phi) is 4.96. The minimum atomic E-state index is -1.07. The Balaban J connectivity index is 2.51. The zero-order valence-electron chi connectivity index (χ0n) is 9.34. The standard InChI is InChI=1S/C11H14N2O4/c1-17-10(15)9(7-14)13-11(16)12-8-5-3-2-4-6-8/h2-6,9,14H,7H2,1H3,(H2,12,13,16). The van der Waals surface area contributed by atoms with Crippen molar-refractivity contribution in [3.63, 3.8) is 0 Å². The number of benzene rings is 1. The minimum Gasteiger partial charge on any atom is -0.467 e. The number of carbonyl (C=O) groups excluding carboxylic acids is 2. The smallest absolute Gasteiger partial charge is 0.330 e. The molecule has 1 atom stereocenters. The highest BCUT2D eigenvalue weighted by atomic mass is 16.5. The Hall–Kier alpha value is -2.08. The van der Waals surface area contributed by atoms with Crippen LogP contribution in [-0.4, -0.2) is 36.9 Å². The number of rotatable bonds is 4. The largest absolute Gasteiger partial charge is 0.467 e. The van der Waals surface area contributed by atoms with Crippen molar-refractivity contribution in [2.45, 2.75) is 6.04 Å². The SMILES string of the molecule is COC(=O)C(CO)NC(=O)Nc1ccccc1. The molecule has 2 amide bonds. The van der Waals surface area contributed by atoms with Gasteiger partial charge in [-0.25, -0.2) is 9.59 Å². The van der Waals surface area contributed by atoms with Crippen LogP contribution in [0.4, 0.5) is 10.5 Å². The van der Waals surface area contributed by atoms with E-state index in [1.807, 2.05) is 6.07 Å². The summed E-state index contributed by atoms with van der Waals surface area (Å²) in [7, 11) is 1.18. The highest BCUT2D eigenvalue weighted by molar-refractivity contribution is 5.92. The van der Waals surface area contributed by atoms with Gasteiger partial charge in [-0.2, -0.15) is 0 Å². The van der Waals surface area contributed by atoms with Gasteiger partial charge in [-0.15, -0.1) is 0 Å². The predicted molar refractivity (Wildman–Crippen MR) is 61.5 cm³/mol. The van der Waals surface area contributed by atoms with Crippen molar-refractivity contribution in [3.8, 4) is 0 Å². The van der Waals surface area contributed by atoms with E-state index in [9.17, 15) is 9.59 Å². The van der Waals surface area contributed by atoms with Gasteiger partial charge >= 0.3 is 12.0 Å². The number of nitrogens with one attached hydrogen (secondary N) is 2. The van der Waals surface area contributed by atoms with Gasteiger partial charge in [0.25, 0.3) is 0 Å². The highest BCUT2D eigenvalue weighted by Gasteiger charge is 2.20. The summed E-state index contributed by atoms with van der Waals surface area (Å²) < 4.78 is 4.41. The number of para-hydroxylation sites is 1. The molecule has 0 aliphatic heterocycles. The number of amides is 2. The lowest BCUT2D eigenvalue weighted by atomic mass is 10.3. The highest BCUT2D eigenvalue weighted by Crippen LogP contribution is 2.04. The fourth-order valence-corrected chi connectivity index (χ4v) is 1.17. The number of hydrogen-bond acceptors (Lipinski definition) is 4. The monoisotopic (exact) mass is 238 g/mol. The van der Waals surface area contributed by atoms with Crippen LogP contribution in [0.3, 0.4) is 0 Å². The molecule has 0 aromatic heterocycles. The van der Waals surface area contributed by atoms with Crippen LogP contribution in [0.25, 0.3) is 0 Å². The molecule has 1 aromatic rings. The van der Waals surface area contributed by atoms with Crippen molar-refractivity contribution in [1.82, 2.24) is 5.32 Å².